The monoisotopic (exact) mass is 818 g/mol. The van der Waals surface area contributed by atoms with E-state index in [-0.39, 0.29) is 0 Å². The van der Waals surface area contributed by atoms with E-state index in [4.69, 9.17) is 56.8 Å². The zero-order valence-corrected chi connectivity index (χ0v) is 30.6. The first-order chi connectivity index (χ1) is 21.9. The zero-order chi connectivity index (χ0) is 31.7. The molecule has 0 unspecified atom stereocenters. The summed E-state index contributed by atoms with van der Waals surface area (Å²) in [5.74, 6) is 0. The molecule has 0 aromatic carbocycles. The normalized spacial score (nSPS) is 11.6. The molecule has 0 aliphatic carbocycles. The lowest BCUT2D eigenvalue weighted by Crippen LogP contribution is -2.15. The molecule has 14 heteroatoms. The van der Waals surface area contributed by atoms with Crippen molar-refractivity contribution in [3.05, 3.63) is 0 Å². The maximum absolute atomic E-state index is 5.56. The van der Waals surface area contributed by atoms with E-state index in [1.807, 2.05) is 0 Å². The standard InChI is InChI=1S/C30H60BrIO12/c31-5-8-34-10-12-36-14-16-38-18-20-40-22-24-42-26-28-44-30-29-43-27-25-41-23-21-39-19-17-37-15-13-35-11-9-33-7-4-2-1-3-6-32/h1-30H2. The fourth-order valence-corrected chi connectivity index (χ4v) is 4.00. The van der Waals surface area contributed by atoms with Crippen molar-refractivity contribution in [2.45, 2.75) is 25.7 Å². The van der Waals surface area contributed by atoms with Crippen LogP contribution in [0.5, 0.6) is 0 Å². The van der Waals surface area contributed by atoms with Crippen LogP contribution in [-0.4, -0.2) is 168 Å². The Labute approximate surface area is 288 Å². The van der Waals surface area contributed by atoms with Gasteiger partial charge in [-0.2, -0.15) is 0 Å². The Morgan fingerprint density at radius 3 is 0.682 bits per heavy atom. The Bertz CT molecular complexity index is 461. The van der Waals surface area contributed by atoms with Crippen LogP contribution in [0.2, 0.25) is 0 Å². The van der Waals surface area contributed by atoms with Crippen molar-refractivity contribution in [2.75, 3.05) is 168 Å². The average molecular weight is 820 g/mol. The van der Waals surface area contributed by atoms with Gasteiger partial charge in [0.05, 0.1) is 152 Å². The molecule has 44 heavy (non-hydrogen) atoms. The average Bonchev–Trinajstić information content (AvgIpc) is 3.04. The number of hydrogen-bond donors (Lipinski definition) is 0. The van der Waals surface area contributed by atoms with Crippen molar-refractivity contribution in [1.29, 1.82) is 0 Å². The third-order valence-electron chi connectivity index (χ3n) is 5.49. The molecule has 0 atom stereocenters. The molecule has 0 amide bonds. The third kappa shape index (κ3) is 42.7. The topological polar surface area (TPSA) is 111 Å². The molecular formula is C30H60BrIO12. The van der Waals surface area contributed by atoms with Crippen LogP contribution in [0.1, 0.15) is 25.7 Å². The summed E-state index contributed by atoms with van der Waals surface area (Å²) in [6, 6.07) is 0. The van der Waals surface area contributed by atoms with Gasteiger partial charge in [-0.1, -0.05) is 51.4 Å². The van der Waals surface area contributed by atoms with Crippen LogP contribution in [-0.2, 0) is 56.8 Å². The summed E-state index contributed by atoms with van der Waals surface area (Å²) in [6.45, 7) is 13.6. The molecule has 0 heterocycles. The second kappa shape index (κ2) is 43.7. The van der Waals surface area contributed by atoms with Crippen molar-refractivity contribution in [3.63, 3.8) is 0 Å². The molecule has 0 aliphatic rings. The molecule has 0 aromatic rings. The highest BCUT2D eigenvalue weighted by molar-refractivity contribution is 14.1. The Balaban J connectivity index is 3.03. The molecule has 266 valence electrons. The predicted molar refractivity (Wildman–Crippen MR) is 181 cm³/mol. The van der Waals surface area contributed by atoms with Gasteiger partial charge in [0.2, 0.25) is 0 Å². The Kier molecular flexibility index (Phi) is 44.5. The molecule has 12 nitrogen and oxygen atoms in total. The first kappa shape index (κ1) is 44.7. The lowest BCUT2D eigenvalue weighted by Gasteiger charge is -2.09. The minimum Gasteiger partial charge on any atom is -0.379 e. The SMILES string of the molecule is BrCCOCCOCCOCCOCCOCCOCCOCCOCCOCCOCCOCCOCCCCCCI. The van der Waals surface area contributed by atoms with Crippen molar-refractivity contribution < 1.29 is 56.8 Å². The molecule has 0 spiro atoms. The molecular weight excluding hydrogens is 759 g/mol. The zero-order valence-electron chi connectivity index (χ0n) is 26.9. The fraction of sp³-hybridized carbons (Fsp3) is 1.00. The smallest absolute Gasteiger partial charge is 0.0701 e. The Morgan fingerprint density at radius 2 is 0.455 bits per heavy atom. The number of alkyl halides is 2. The van der Waals surface area contributed by atoms with Crippen molar-refractivity contribution in [1.82, 2.24) is 0 Å². The lowest BCUT2D eigenvalue weighted by atomic mass is 10.2. The number of rotatable bonds is 41. The van der Waals surface area contributed by atoms with Gasteiger partial charge >= 0.3 is 0 Å². The lowest BCUT2D eigenvalue weighted by molar-refractivity contribution is -0.0282. The quantitative estimate of drug-likeness (QED) is 0.0512. The Morgan fingerprint density at radius 1 is 0.250 bits per heavy atom. The van der Waals surface area contributed by atoms with Crippen molar-refractivity contribution in [3.8, 4) is 0 Å². The van der Waals surface area contributed by atoms with E-state index in [0.29, 0.717) is 152 Å². The number of hydrogen-bond acceptors (Lipinski definition) is 12. The molecule has 0 rings (SSSR count). The van der Waals surface area contributed by atoms with Gasteiger partial charge in [0, 0.05) is 11.9 Å². The summed E-state index contributed by atoms with van der Waals surface area (Å²) < 4.78 is 66.8. The second-order valence-electron chi connectivity index (χ2n) is 9.14. The van der Waals surface area contributed by atoms with Crippen molar-refractivity contribution in [2.24, 2.45) is 0 Å². The van der Waals surface area contributed by atoms with Gasteiger partial charge in [0.1, 0.15) is 0 Å². The minimum atomic E-state index is 0.520. The maximum Gasteiger partial charge on any atom is 0.0701 e. The molecule has 0 radical (unpaired) electrons. The van der Waals surface area contributed by atoms with E-state index in [0.717, 1.165) is 18.4 Å². The van der Waals surface area contributed by atoms with Gasteiger partial charge in [-0.25, -0.2) is 0 Å². The van der Waals surface area contributed by atoms with Crippen molar-refractivity contribution >= 4 is 38.5 Å². The van der Waals surface area contributed by atoms with Crippen LogP contribution in [0.15, 0.2) is 0 Å². The van der Waals surface area contributed by atoms with E-state index in [2.05, 4.69) is 38.5 Å². The second-order valence-corrected chi connectivity index (χ2v) is 11.0. The van der Waals surface area contributed by atoms with Crippen LogP contribution in [0.25, 0.3) is 0 Å². The van der Waals surface area contributed by atoms with Gasteiger partial charge in [0.25, 0.3) is 0 Å². The molecule has 0 fully saturated rings. The Hall–Kier alpha value is 0.730. The van der Waals surface area contributed by atoms with Gasteiger partial charge in [-0.05, 0) is 17.3 Å². The molecule has 0 aliphatic heterocycles. The fourth-order valence-electron chi connectivity index (χ4n) is 3.23. The molecule has 0 aromatic heterocycles. The van der Waals surface area contributed by atoms with E-state index >= 15 is 0 Å². The summed E-state index contributed by atoms with van der Waals surface area (Å²) in [6.07, 6.45) is 4.98. The molecule has 0 N–H and O–H groups in total. The van der Waals surface area contributed by atoms with Crippen LogP contribution >= 0.6 is 38.5 Å². The van der Waals surface area contributed by atoms with Crippen LogP contribution < -0.4 is 0 Å². The summed E-state index contributed by atoms with van der Waals surface area (Å²) in [4.78, 5) is 0. The summed E-state index contributed by atoms with van der Waals surface area (Å²) in [7, 11) is 0. The number of halogens is 2. The largest absolute Gasteiger partial charge is 0.379 e. The third-order valence-corrected chi connectivity index (χ3v) is 6.57. The highest BCUT2D eigenvalue weighted by atomic mass is 127. The van der Waals surface area contributed by atoms with E-state index < -0.39 is 0 Å². The van der Waals surface area contributed by atoms with Crippen LogP contribution in [0.4, 0.5) is 0 Å². The molecule has 0 saturated carbocycles. The van der Waals surface area contributed by atoms with Crippen LogP contribution in [0, 0.1) is 0 Å². The maximum atomic E-state index is 5.56. The first-order valence-corrected chi connectivity index (χ1v) is 18.6. The highest BCUT2D eigenvalue weighted by Gasteiger charge is 1.97. The van der Waals surface area contributed by atoms with E-state index in [9.17, 15) is 0 Å². The predicted octanol–water partition coefficient (Wildman–Crippen LogP) is 3.58. The van der Waals surface area contributed by atoms with E-state index in [1.54, 1.807) is 0 Å². The van der Waals surface area contributed by atoms with Crippen LogP contribution in [0.3, 0.4) is 0 Å². The van der Waals surface area contributed by atoms with Gasteiger partial charge < -0.3 is 56.8 Å². The number of unbranched alkanes of at least 4 members (excludes halogenated alkanes) is 3. The summed E-state index contributed by atoms with van der Waals surface area (Å²) >= 11 is 5.72. The summed E-state index contributed by atoms with van der Waals surface area (Å²) in [5.41, 5.74) is 0. The van der Waals surface area contributed by atoms with Gasteiger partial charge in [-0.3, -0.25) is 0 Å². The first-order valence-electron chi connectivity index (χ1n) is 16.0. The summed E-state index contributed by atoms with van der Waals surface area (Å²) in [5, 5.41) is 0.839. The van der Waals surface area contributed by atoms with Gasteiger partial charge in [-0.15, -0.1) is 0 Å². The molecule has 0 bridgehead atoms. The van der Waals surface area contributed by atoms with E-state index in [1.165, 1.54) is 23.7 Å². The highest BCUT2D eigenvalue weighted by Crippen LogP contribution is 2.02. The number of ether oxygens (including phenoxy) is 12. The molecule has 0 saturated heterocycles. The minimum absolute atomic E-state index is 0.520. The van der Waals surface area contributed by atoms with Gasteiger partial charge in [0.15, 0.2) is 0 Å².